The maximum atomic E-state index is 10.1. The third-order valence-corrected chi connectivity index (χ3v) is 5.36. The van der Waals surface area contributed by atoms with Crippen LogP contribution in [0.25, 0.3) is 0 Å². The Kier molecular flexibility index (Phi) is 9.53. The Labute approximate surface area is 167 Å². The van der Waals surface area contributed by atoms with Gasteiger partial charge in [0.05, 0.1) is 0 Å². The van der Waals surface area contributed by atoms with E-state index in [1.165, 1.54) is 0 Å². The third kappa shape index (κ3) is 7.45. The molecule has 2 rings (SSSR count). The Balaban J connectivity index is 2.01. The third-order valence-electron chi connectivity index (χ3n) is 4.38. The zero-order chi connectivity index (χ0) is 19.5. The molecule has 0 aliphatic rings. The molecular formula is C22H32N2O2S. The minimum Gasteiger partial charge on any atom is -0.508 e. The molecule has 0 saturated heterocycles. The van der Waals surface area contributed by atoms with Crippen LogP contribution in [0.15, 0.2) is 46.2 Å². The Morgan fingerprint density at radius 3 is 1.59 bits per heavy atom. The Morgan fingerprint density at radius 2 is 1.19 bits per heavy atom. The summed E-state index contributed by atoms with van der Waals surface area (Å²) < 4.78 is 0. The van der Waals surface area contributed by atoms with Gasteiger partial charge < -0.3 is 20.8 Å². The van der Waals surface area contributed by atoms with Crippen LogP contribution in [0.5, 0.6) is 11.5 Å². The number of aromatic hydroxyl groups is 2. The van der Waals surface area contributed by atoms with Gasteiger partial charge in [-0.2, -0.15) is 0 Å². The predicted octanol–water partition coefficient (Wildman–Crippen LogP) is 5.03. The second-order valence-electron chi connectivity index (χ2n) is 6.74. The van der Waals surface area contributed by atoms with E-state index in [4.69, 9.17) is 0 Å². The largest absolute Gasteiger partial charge is 0.508 e. The van der Waals surface area contributed by atoms with Gasteiger partial charge in [-0.3, -0.25) is 0 Å². The van der Waals surface area contributed by atoms with E-state index in [9.17, 15) is 10.2 Å². The van der Waals surface area contributed by atoms with Crippen molar-refractivity contribution in [1.29, 1.82) is 0 Å². The highest BCUT2D eigenvalue weighted by molar-refractivity contribution is 7.99. The number of unbranched alkanes of at least 4 members (excludes halogenated alkanes) is 2. The lowest BCUT2D eigenvalue weighted by Crippen LogP contribution is -2.14. The number of nitrogens with one attached hydrogen (secondary N) is 2. The number of rotatable bonds is 12. The fraction of sp³-hybridized carbons (Fsp3) is 0.455. The first-order chi connectivity index (χ1) is 13.1. The minimum absolute atomic E-state index is 0.329. The second-order valence-corrected chi connectivity index (χ2v) is 7.89. The molecule has 2 aromatic carbocycles. The SMILES string of the molecule is CCCCNCc1cc(Sc2ccc(O)c(CNCCCC)c2)ccc1O. The molecule has 0 atom stereocenters. The van der Waals surface area contributed by atoms with E-state index in [-0.39, 0.29) is 0 Å². The van der Waals surface area contributed by atoms with E-state index in [0.717, 1.165) is 59.7 Å². The molecule has 0 fully saturated rings. The van der Waals surface area contributed by atoms with Crippen LogP contribution in [0.1, 0.15) is 50.7 Å². The molecule has 0 amide bonds. The van der Waals surface area contributed by atoms with Crippen molar-refractivity contribution in [3.63, 3.8) is 0 Å². The Bertz CT molecular complexity index is 647. The van der Waals surface area contributed by atoms with Crippen molar-refractivity contribution >= 4 is 11.8 Å². The molecule has 4 N–H and O–H groups in total. The van der Waals surface area contributed by atoms with E-state index in [1.54, 1.807) is 23.9 Å². The van der Waals surface area contributed by atoms with Crippen LogP contribution in [0.2, 0.25) is 0 Å². The van der Waals surface area contributed by atoms with Gasteiger partial charge in [-0.05, 0) is 62.3 Å². The number of benzene rings is 2. The number of hydrogen-bond donors (Lipinski definition) is 4. The van der Waals surface area contributed by atoms with Gasteiger partial charge in [0.1, 0.15) is 11.5 Å². The fourth-order valence-corrected chi connectivity index (χ4v) is 3.67. The molecule has 0 heterocycles. The summed E-state index contributed by atoms with van der Waals surface area (Å²) in [5, 5.41) is 26.9. The zero-order valence-corrected chi connectivity index (χ0v) is 17.2. The van der Waals surface area contributed by atoms with Crippen LogP contribution in [-0.4, -0.2) is 23.3 Å². The molecule has 0 bridgehead atoms. The van der Waals surface area contributed by atoms with Gasteiger partial charge in [0.25, 0.3) is 0 Å². The molecule has 0 spiro atoms. The van der Waals surface area contributed by atoms with Crippen molar-refractivity contribution in [3.8, 4) is 11.5 Å². The van der Waals surface area contributed by atoms with Gasteiger partial charge in [-0.15, -0.1) is 0 Å². The van der Waals surface area contributed by atoms with Crippen molar-refractivity contribution in [2.75, 3.05) is 13.1 Å². The number of phenols is 2. The van der Waals surface area contributed by atoms with Crippen LogP contribution in [0.4, 0.5) is 0 Å². The molecule has 148 valence electrons. The topological polar surface area (TPSA) is 64.5 Å². The van der Waals surface area contributed by atoms with Gasteiger partial charge in [-0.1, -0.05) is 38.5 Å². The molecule has 5 heteroatoms. The van der Waals surface area contributed by atoms with E-state index in [1.807, 2.05) is 24.3 Å². The first-order valence-corrected chi connectivity index (χ1v) is 10.7. The molecule has 0 unspecified atom stereocenters. The maximum Gasteiger partial charge on any atom is 0.120 e. The number of phenolic OH excluding ortho intramolecular Hbond substituents is 2. The van der Waals surface area contributed by atoms with Crippen LogP contribution >= 0.6 is 11.8 Å². The molecule has 0 aliphatic heterocycles. The summed E-state index contributed by atoms with van der Waals surface area (Å²) in [6.07, 6.45) is 4.59. The Hall–Kier alpha value is -1.69. The lowest BCUT2D eigenvalue weighted by atomic mass is 10.2. The summed E-state index contributed by atoms with van der Waals surface area (Å²) in [6, 6.07) is 11.4. The number of hydrogen-bond acceptors (Lipinski definition) is 5. The first kappa shape index (κ1) is 21.6. The Morgan fingerprint density at radius 1 is 0.741 bits per heavy atom. The summed E-state index contributed by atoms with van der Waals surface area (Å²) in [7, 11) is 0. The van der Waals surface area contributed by atoms with Crippen LogP contribution in [0.3, 0.4) is 0 Å². The van der Waals surface area contributed by atoms with Gasteiger partial charge in [-0.25, -0.2) is 0 Å². The summed E-state index contributed by atoms with van der Waals surface area (Å²) >= 11 is 1.64. The first-order valence-electron chi connectivity index (χ1n) is 9.87. The van der Waals surface area contributed by atoms with E-state index in [0.29, 0.717) is 24.6 Å². The lowest BCUT2D eigenvalue weighted by molar-refractivity contribution is 0.463. The molecule has 4 nitrogen and oxygen atoms in total. The van der Waals surface area contributed by atoms with E-state index in [2.05, 4.69) is 24.5 Å². The van der Waals surface area contributed by atoms with Crippen molar-refractivity contribution in [2.45, 2.75) is 62.4 Å². The monoisotopic (exact) mass is 388 g/mol. The standard InChI is InChI=1S/C22H32N2O2S/c1-3-5-11-23-15-17-13-19(7-9-21(17)25)27-20-8-10-22(26)18(14-20)16-24-12-6-4-2/h7-10,13-14,23-26H,3-6,11-12,15-16H2,1-2H3. The highest BCUT2D eigenvalue weighted by Gasteiger charge is 2.07. The quantitative estimate of drug-likeness (QED) is 0.384. The zero-order valence-electron chi connectivity index (χ0n) is 16.4. The molecule has 0 aromatic heterocycles. The highest BCUT2D eigenvalue weighted by Crippen LogP contribution is 2.33. The van der Waals surface area contributed by atoms with Gasteiger partial charge in [0, 0.05) is 34.0 Å². The molecule has 27 heavy (non-hydrogen) atoms. The normalized spacial score (nSPS) is 11.0. The van der Waals surface area contributed by atoms with E-state index < -0.39 is 0 Å². The smallest absolute Gasteiger partial charge is 0.120 e. The minimum atomic E-state index is 0.329. The van der Waals surface area contributed by atoms with Crippen molar-refractivity contribution < 1.29 is 10.2 Å². The van der Waals surface area contributed by atoms with Crippen LogP contribution < -0.4 is 10.6 Å². The molecule has 0 radical (unpaired) electrons. The second kappa shape index (κ2) is 11.9. The van der Waals surface area contributed by atoms with Gasteiger partial charge >= 0.3 is 0 Å². The molecule has 2 aromatic rings. The van der Waals surface area contributed by atoms with Crippen molar-refractivity contribution in [2.24, 2.45) is 0 Å². The summed E-state index contributed by atoms with van der Waals surface area (Å²) in [5.74, 6) is 0.657. The summed E-state index contributed by atoms with van der Waals surface area (Å²) in [6.45, 7) is 7.59. The van der Waals surface area contributed by atoms with Gasteiger partial charge in [0.2, 0.25) is 0 Å². The van der Waals surface area contributed by atoms with Crippen molar-refractivity contribution in [1.82, 2.24) is 10.6 Å². The maximum absolute atomic E-state index is 10.1. The molecule has 0 aliphatic carbocycles. The fourth-order valence-electron chi connectivity index (χ4n) is 2.72. The molecule has 0 saturated carbocycles. The predicted molar refractivity (Wildman–Crippen MR) is 114 cm³/mol. The van der Waals surface area contributed by atoms with Gasteiger partial charge in [0.15, 0.2) is 0 Å². The average Bonchev–Trinajstić information content (AvgIpc) is 2.67. The molecular weight excluding hydrogens is 356 g/mol. The van der Waals surface area contributed by atoms with E-state index >= 15 is 0 Å². The summed E-state index contributed by atoms with van der Waals surface area (Å²) in [5.41, 5.74) is 1.83. The summed E-state index contributed by atoms with van der Waals surface area (Å²) in [4.78, 5) is 2.16. The lowest BCUT2D eigenvalue weighted by Gasteiger charge is -2.11. The van der Waals surface area contributed by atoms with Crippen LogP contribution in [0, 0.1) is 0 Å². The highest BCUT2D eigenvalue weighted by atomic mass is 32.2. The van der Waals surface area contributed by atoms with Crippen LogP contribution in [-0.2, 0) is 13.1 Å². The van der Waals surface area contributed by atoms with Crippen molar-refractivity contribution in [3.05, 3.63) is 47.5 Å². The average molecular weight is 389 g/mol.